The van der Waals surface area contributed by atoms with E-state index in [1.807, 2.05) is 13.8 Å². The molecule has 0 spiro atoms. The van der Waals surface area contributed by atoms with Gasteiger partial charge < -0.3 is 19.9 Å². The van der Waals surface area contributed by atoms with Crippen LogP contribution in [0.4, 0.5) is 0 Å². The van der Waals surface area contributed by atoms with E-state index in [0.29, 0.717) is 24.7 Å². The molecule has 2 N–H and O–H groups in total. The van der Waals surface area contributed by atoms with Crippen LogP contribution in [0, 0.1) is 5.92 Å². The van der Waals surface area contributed by atoms with Gasteiger partial charge in [0.05, 0.1) is 12.7 Å². The summed E-state index contributed by atoms with van der Waals surface area (Å²) in [4.78, 5) is 28.0. The Bertz CT molecular complexity index is 572. The second-order valence-electron chi connectivity index (χ2n) is 5.99. The number of pyridine rings is 1. The smallest absolute Gasteiger partial charge is 0.326 e. The Morgan fingerprint density at radius 1 is 1.54 bits per heavy atom. The number of ether oxygens (including phenoxy) is 2. The minimum absolute atomic E-state index is 0.0121. The van der Waals surface area contributed by atoms with E-state index in [1.165, 1.54) is 18.3 Å². The molecule has 0 radical (unpaired) electrons. The Morgan fingerprint density at radius 3 is 2.96 bits per heavy atom. The lowest BCUT2D eigenvalue weighted by Gasteiger charge is -2.28. The summed E-state index contributed by atoms with van der Waals surface area (Å²) in [6.07, 6.45) is 3.80. The van der Waals surface area contributed by atoms with Crippen molar-refractivity contribution in [3.63, 3.8) is 0 Å². The molecule has 0 aliphatic carbocycles. The lowest BCUT2D eigenvalue weighted by atomic mass is 9.93. The minimum Gasteiger partial charge on any atom is -0.480 e. The molecule has 2 rings (SSSR count). The highest BCUT2D eigenvalue weighted by Gasteiger charge is 2.31. The van der Waals surface area contributed by atoms with Gasteiger partial charge in [-0.05, 0) is 32.3 Å². The van der Waals surface area contributed by atoms with Crippen LogP contribution in [0.1, 0.15) is 43.5 Å². The number of rotatable bonds is 7. The van der Waals surface area contributed by atoms with Crippen molar-refractivity contribution in [2.45, 2.75) is 45.3 Å². The molecule has 3 unspecified atom stereocenters. The fraction of sp³-hybridized carbons (Fsp3) is 0.588. The number of hydrogen-bond acceptors (Lipinski definition) is 5. The molecule has 1 aromatic rings. The van der Waals surface area contributed by atoms with Crippen LogP contribution in [0.15, 0.2) is 18.3 Å². The zero-order valence-electron chi connectivity index (χ0n) is 14.0. The Kier molecular flexibility index (Phi) is 6.54. The van der Waals surface area contributed by atoms with Crippen LogP contribution in [-0.4, -0.2) is 47.3 Å². The van der Waals surface area contributed by atoms with Crippen LogP contribution in [0.3, 0.4) is 0 Å². The quantitative estimate of drug-likeness (QED) is 0.789. The normalized spacial score (nSPS) is 20.0. The first-order valence-electron chi connectivity index (χ1n) is 8.25. The number of carboxylic acid groups (broad SMARTS) is 1. The van der Waals surface area contributed by atoms with E-state index in [0.717, 1.165) is 19.3 Å². The Labute approximate surface area is 141 Å². The fourth-order valence-electron chi connectivity index (χ4n) is 2.54. The molecule has 24 heavy (non-hydrogen) atoms. The molecule has 132 valence electrons. The van der Waals surface area contributed by atoms with Gasteiger partial charge in [0.25, 0.3) is 5.91 Å². The Morgan fingerprint density at radius 2 is 2.33 bits per heavy atom. The highest BCUT2D eigenvalue weighted by atomic mass is 16.5. The van der Waals surface area contributed by atoms with Crippen LogP contribution in [0.5, 0.6) is 5.88 Å². The number of nitrogens with one attached hydrogen (secondary N) is 1. The van der Waals surface area contributed by atoms with Crippen molar-refractivity contribution in [2.24, 2.45) is 5.92 Å². The van der Waals surface area contributed by atoms with E-state index in [2.05, 4.69) is 10.3 Å². The average molecular weight is 336 g/mol. The molecule has 0 aromatic carbocycles. The van der Waals surface area contributed by atoms with Crippen LogP contribution < -0.4 is 10.1 Å². The summed E-state index contributed by atoms with van der Waals surface area (Å²) in [6.45, 7) is 4.89. The predicted octanol–water partition coefficient (Wildman–Crippen LogP) is 1.87. The first-order valence-corrected chi connectivity index (χ1v) is 8.25. The molecule has 1 fully saturated rings. The molecule has 1 aliphatic rings. The molecule has 1 amide bonds. The third-order valence-corrected chi connectivity index (χ3v) is 4.11. The van der Waals surface area contributed by atoms with Gasteiger partial charge in [0.15, 0.2) is 0 Å². The number of carboxylic acids is 1. The first kappa shape index (κ1) is 18.2. The van der Waals surface area contributed by atoms with Crippen LogP contribution in [0.25, 0.3) is 0 Å². The van der Waals surface area contributed by atoms with Crippen molar-refractivity contribution < 1.29 is 24.2 Å². The molecular weight excluding hydrogens is 312 g/mol. The zero-order valence-corrected chi connectivity index (χ0v) is 14.0. The fourth-order valence-corrected chi connectivity index (χ4v) is 2.54. The van der Waals surface area contributed by atoms with Gasteiger partial charge in [-0.25, -0.2) is 9.78 Å². The lowest BCUT2D eigenvalue weighted by Crippen LogP contribution is -2.48. The molecule has 1 aromatic heterocycles. The first-order chi connectivity index (χ1) is 11.5. The standard InChI is InChI=1S/C17H24N2O5/c1-3-11(2)24-14-9-12(6-7-18-14)16(20)19-15(17(21)22)13-5-4-8-23-10-13/h6-7,9,11,13,15H,3-5,8,10H2,1-2H3,(H,19,20)(H,21,22). The topological polar surface area (TPSA) is 97.8 Å². The van der Waals surface area contributed by atoms with E-state index >= 15 is 0 Å². The van der Waals surface area contributed by atoms with Crippen molar-refractivity contribution in [1.29, 1.82) is 0 Å². The Balaban J connectivity index is 2.06. The molecule has 1 saturated heterocycles. The summed E-state index contributed by atoms with van der Waals surface area (Å²) in [6, 6.07) is 2.09. The summed E-state index contributed by atoms with van der Waals surface area (Å²) in [5, 5.41) is 12.0. The summed E-state index contributed by atoms with van der Waals surface area (Å²) < 4.78 is 10.9. The van der Waals surface area contributed by atoms with Crippen molar-refractivity contribution in [2.75, 3.05) is 13.2 Å². The minimum atomic E-state index is -1.05. The van der Waals surface area contributed by atoms with Crippen molar-refractivity contribution >= 4 is 11.9 Å². The van der Waals surface area contributed by atoms with Crippen LogP contribution in [0.2, 0.25) is 0 Å². The van der Waals surface area contributed by atoms with Crippen LogP contribution >= 0.6 is 0 Å². The molecule has 0 saturated carbocycles. The van der Waals surface area contributed by atoms with Gasteiger partial charge in [-0.15, -0.1) is 0 Å². The summed E-state index contributed by atoms with van der Waals surface area (Å²) in [5.74, 6) is -1.38. The highest BCUT2D eigenvalue weighted by molar-refractivity contribution is 5.96. The van der Waals surface area contributed by atoms with Gasteiger partial charge in [0.1, 0.15) is 6.04 Å². The van der Waals surface area contributed by atoms with E-state index in [4.69, 9.17) is 9.47 Å². The number of aliphatic carboxylic acids is 1. The van der Waals surface area contributed by atoms with E-state index in [9.17, 15) is 14.7 Å². The van der Waals surface area contributed by atoms with E-state index < -0.39 is 17.9 Å². The summed E-state index contributed by atoms with van der Waals surface area (Å²) >= 11 is 0. The number of carbonyl (C=O) groups excluding carboxylic acids is 1. The van der Waals surface area contributed by atoms with Gasteiger partial charge in [-0.1, -0.05) is 6.92 Å². The zero-order chi connectivity index (χ0) is 17.5. The lowest BCUT2D eigenvalue weighted by molar-refractivity contribution is -0.142. The molecule has 7 heteroatoms. The molecule has 1 aliphatic heterocycles. The number of carbonyl (C=O) groups is 2. The van der Waals surface area contributed by atoms with Gasteiger partial charge in [-0.3, -0.25) is 4.79 Å². The molecule has 3 atom stereocenters. The second-order valence-corrected chi connectivity index (χ2v) is 5.99. The molecule has 7 nitrogen and oxygen atoms in total. The largest absolute Gasteiger partial charge is 0.480 e. The van der Waals surface area contributed by atoms with Crippen molar-refractivity contribution in [1.82, 2.24) is 10.3 Å². The SMILES string of the molecule is CCC(C)Oc1cc(C(=O)NC(C(=O)O)C2CCCOC2)ccn1. The van der Waals surface area contributed by atoms with E-state index in [-0.39, 0.29) is 12.0 Å². The summed E-state index contributed by atoms with van der Waals surface area (Å²) in [7, 11) is 0. The monoisotopic (exact) mass is 336 g/mol. The number of hydrogen-bond donors (Lipinski definition) is 2. The number of amides is 1. The third kappa shape index (κ3) is 4.92. The van der Waals surface area contributed by atoms with Crippen molar-refractivity contribution in [3.8, 4) is 5.88 Å². The maximum Gasteiger partial charge on any atom is 0.326 e. The third-order valence-electron chi connectivity index (χ3n) is 4.11. The average Bonchev–Trinajstić information content (AvgIpc) is 2.60. The summed E-state index contributed by atoms with van der Waals surface area (Å²) in [5.41, 5.74) is 0.325. The molecular formula is C17H24N2O5. The van der Waals surface area contributed by atoms with Gasteiger partial charge in [0.2, 0.25) is 5.88 Å². The number of aromatic nitrogens is 1. The van der Waals surface area contributed by atoms with Crippen molar-refractivity contribution in [3.05, 3.63) is 23.9 Å². The van der Waals surface area contributed by atoms with Gasteiger partial charge in [0, 0.05) is 30.4 Å². The maximum absolute atomic E-state index is 12.4. The molecule has 0 bridgehead atoms. The second kappa shape index (κ2) is 8.63. The number of nitrogens with zero attached hydrogens (tertiary/aromatic N) is 1. The molecule has 2 heterocycles. The van der Waals surface area contributed by atoms with E-state index in [1.54, 1.807) is 0 Å². The highest BCUT2D eigenvalue weighted by Crippen LogP contribution is 2.19. The van der Waals surface area contributed by atoms with Gasteiger partial charge >= 0.3 is 5.97 Å². The van der Waals surface area contributed by atoms with Gasteiger partial charge in [-0.2, -0.15) is 0 Å². The maximum atomic E-state index is 12.4. The Hall–Kier alpha value is -2.15. The predicted molar refractivity (Wildman–Crippen MR) is 87.1 cm³/mol. The van der Waals surface area contributed by atoms with Crippen LogP contribution in [-0.2, 0) is 9.53 Å².